The highest BCUT2D eigenvalue weighted by Gasteiger charge is 2.35. The standard InChI is InChI=1S/C16H21NO3/c1-11-6-4-5-7-14(11)15(18)17(13-8-9-13)10-12(2)16(19)20-3/h4-7,12-13H,8-10H2,1-3H3. The molecule has 0 spiro atoms. The van der Waals surface area contributed by atoms with Crippen molar-refractivity contribution in [2.24, 2.45) is 5.92 Å². The molecule has 0 N–H and O–H groups in total. The Labute approximate surface area is 119 Å². The minimum absolute atomic E-state index is 0.0151. The van der Waals surface area contributed by atoms with Gasteiger partial charge >= 0.3 is 5.97 Å². The second kappa shape index (κ2) is 6.07. The minimum atomic E-state index is -0.298. The SMILES string of the molecule is COC(=O)C(C)CN(C(=O)c1ccccc1C)C1CC1. The lowest BCUT2D eigenvalue weighted by atomic mass is 10.1. The normalized spacial score (nSPS) is 15.6. The molecule has 1 unspecified atom stereocenters. The topological polar surface area (TPSA) is 46.6 Å². The fourth-order valence-corrected chi connectivity index (χ4v) is 2.32. The van der Waals surface area contributed by atoms with Crippen molar-refractivity contribution in [3.63, 3.8) is 0 Å². The Morgan fingerprint density at radius 2 is 2.00 bits per heavy atom. The first kappa shape index (κ1) is 14.6. The van der Waals surface area contributed by atoms with Gasteiger partial charge in [-0.1, -0.05) is 25.1 Å². The summed E-state index contributed by atoms with van der Waals surface area (Å²) in [6, 6.07) is 7.84. The zero-order valence-electron chi connectivity index (χ0n) is 12.3. The van der Waals surface area contributed by atoms with Crippen LogP contribution in [0.4, 0.5) is 0 Å². The molecular formula is C16H21NO3. The van der Waals surface area contributed by atoms with Crippen molar-refractivity contribution in [3.05, 3.63) is 35.4 Å². The van der Waals surface area contributed by atoms with Crippen LogP contribution in [0, 0.1) is 12.8 Å². The van der Waals surface area contributed by atoms with Crippen LogP contribution >= 0.6 is 0 Å². The molecule has 2 rings (SSSR count). The predicted molar refractivity (Wildman–Crippen MR) is 76.4 cm³/mol. The second-order valence-electron chi connectivity index (χ2n) is 5.43. The third-order valence-electron chi connectivity index (χ3n) is 3.70. The number of aryl methyl sites for hydroxylation is 1. The van der Waals surface area contributed by atoms with Crippen LogP contribution in [0.5, 0.6) is 0 Å². The van der Waals surface area contributed by atoms with E-state index in [0.717, 1.165) is 24.0 Å². The first-order chi connectivity index (χ1) is 9.54. The lowest BCUT2D eigenvalue weighted by molar-refractivity contribution is -0.145. The summed E-state index contributed by atoms with van der Waals surface area (Å²) < 4.78 is 4.75. The Morgan fingerprint density at radius 1 is 1.35 bits per heavy atom. The van der Waals surface area contributed by atoms with Crippen LogP contribution in [0.25, 0.3) is 0 Å². The van der Waals surface area contributed by atoms with Crippen LogP contribution in [-0.2, 0) is 9.53 Å². The highest BCUT2D eigenvalue weighted by molar-refractivity contribution is 5.96. The smallest absolute Gasteiger partial charge is 0.310 e. The van der Waals surface area contributed by atoms with E-state index in [0.29, 0.717) is 6.54 Å². The van der Waals surface area contributed by atoms with Gasteiger partial charge in [-0.3, -0.25) is 9.59 Å². The van der Waals surface area contributed by atoms with E-state index in [1.807, 2.05) is 36.1 Å². The third kappa shape index (κ3) is 3.18. The van der Waals surface area contributed by atoms with Gasteiger partial charge in [-0.05, 0) is 31.4 Å². The minimum Gasteiger partial charge on any atom is -0.469 e. The zero-order chi connectivity index (χ0) is 14.7. The fraction of sp³-hybridized carbons (Fsp3) is 0.500. The molecule has 1 saturated carbocycles. The Balaban J connectivity index is 2.15. The molecule has 1 aliphatic carbocycles. The molecule has 1 amide bonds. The maximum Gasteiger partial charge on any atom is 0.310 e. The molecule has 0 bridgehead atoms. The molecule has 0 aromatic heterocycles. The van der Waals surface area contributed by atoms with E-state index < -0.39 is 0 Å². The number of carbonyl (C=O) groups excluding carboxylic acids is 2. The van der Waals surface area contributed by atoms with E-state index in [9.17, 15) is 9.59 Å². The molecule has 1 fully saturated rings. The van der Waals surface area contributed by atoms with Gasteiger partial charge in [-0.15, -0.1) is 0 Å². The van der Waals surface area contributed by atoms with Crippen LogP contribution in [-0.4, -0.2) is 36.5 Å². The number of carbonyl (C=O) groups is 2. The van der Waals surface area contributed by atoms with E-state index in [-0.39, 0.29) is 23.8 Å². The van der Waals surface area contributed by atoms with Gasteiger partial charge in [-0.2, -0.15) is 0 Å². The molecule has 1 aromatic carbocycles. The van der Waals surface area contributed by atoms with Crippen molar-refractivity contribution >= 4 is 11.9 Å². The maximum absolute atomic E-state index is 12.7. The molecule has 1 atom stereocenters. The Hall–Kier alpha value is -1.84. The van der Waals surface area contributed by atoms with Gasteiger partial charge in [0.05, 0.1) is 13.0 Å². The zero-order valence-corrected chi connectivity index (χ0v) is 12.3. The average Bonchev–Trinajstić information content (AvgIpc) is 3.28. The van der Waals surface area contributed by atoms with Crippen LogP contribution < -0.4 is 0 Å². The predicted octanol–water partition coefficient (Wildman–Crippen LogP) is 2.41. The Kier molecular flexibility index (Phi) is 4.42. The molecular weight excluding hydrogens is 254 g/mol. The maximum atomic E-state index is 12.7. The number of hydrogen-bond acceptors (Lipinski definition) is 3. The molecule has 0 radical (unpaired) electrons. The van der Waals surface area contributed by atoms with Crippen molar-refractivity contribution in [2.75, 3.05) is 13.7 Å². The van der Waals surface area contributed by atoms with E-state index in [2.05, 4.69) is 0 Å². The lowest BCUT2D eigenvalue weighted by Gasteiger charge is -2.25. The van der Waals surface area contributed by atoms with Crippen molar-refractivity contribution in [1.29, 1.82) is 0 Å². The van der Waals surface area contributed by atoms with Crippen molar-refractivity contribution in [1.82, 2.24) is 4.90 Å². The fourth-order valence-electron chi connectivity index (χ4n) is 2.32. The third-order valence-corrected chi connectivity index (χ3v) is 3.70. The summed E-state index contributed by atoms with van der Waals surface area (Å²) in [5.41, 5.74) is 1.69. The summed E-state index contributed by atoms with van der Waals surface area (Å²) in [5, 5.41) is 0. The van der Waals surface area contributed by atoms with Gasteiger partial charge in [0.15, 0.2) is 0 Å². The first-order valence-electron chi connectivity index (χ1n) is 6.99. The highest BCUT2D eigenvalue weighted by Crippen LogP contribution is 2.29. The monoisotopic (exact) mass is 275 g/mol. The van der Waals surface area contributed by atoms with Crippen LogP contribution in [0.15, 0.2) is 24.3 Å². The van der Waals surface area contributed by atoms with Gasteiger partial charge in [0, 0.05) is 18.2 Å². The summed E-state index contributed by atoms with van der Waals surface area (Å²) in [4.78, 5) is 26.0. The van der Waals surface area contributed by atoms with E-state index in [1.165, 1.54) is 7.11 Å². The number of ether oxygens (including phenoxy) is 1. The number of esters is 1. The molecule has 0 heterocycles. The number of rotatable bonds is 5. The van der Waals surface area contributed by atoms with Crippen molar-refractivity contribution in [3.8, 4) is 0 Å². The molecule has 0 saturated heterocycles. The summed E-state index contributed by atoms with van der Waals surface area (Å²) in [7, 11) is 1.38. The number of hydrogen-bond donors (Lipinski definition) is 0. The van der Waals surface area contributed by atoms with Crippen molar-refractivity contribution in [2.45, 2.75) is 32.7 Å². The Morgan fingerprint density at radius 3 is 2.55 bits per heavy atom. The van der Waals surface area contributed by atoms with Crippen LogP contribution in [0.2, 0.25) is 0 Å². The summed E-state index contributed by atoms with van der Waals surface area (Å²) in [6.07, 6.45) is 2.04. The van der Waals surface area contributed by atoms with Gasteiger partial charge in [0.2, 0.25) is 0 Å². The van der Waals surface area contributed by atoms with Crippen molar-refractivity contribution < 1.29 is 14.3 Å². The summed E-state index contributed by atoms with van der Waals surface area (Å²) in [5.74, 6) is -0.553. The largest absolute Gasteiger partial charge is 0.469 e. The van der Waals surface area contributed by atoms with Gasteiger partial charge in [-0.25, -0.2) is 0 Å². The molecule has 1 aliphatic rings. The molecule has 1 aromatic rings. The van der Waals surface area contributed by atoms with Gasteiger partial charge < -0.3 is 9.64 Å². The van der Waals surface area contributed by atoms with Crippen LogP contribution in [0.1, 0.15) is 35.7 Å². The second-order valence-corrected chi connectivity index (χ2v) is 5.43. The molecule has 108 valence electrons. The number of amides is 1. The number of benzene rings is 1. The number of nitrogens with zero attached hydrogens (tertiary/aromatic N) is 1. The highest BCUT2D eigenvalue weighted by atomic mass is 16.5. The molecule has 4 nitrogen and oxygen atoms in total. The van der Waals surface area contributed by atoms with E-state index >= 15 is 0 Å². The van der Waals surface area contributed by atoms with E-state index in [4.69, 9.17) is 4.74 Å². The first-order valence-corrected chi connectivity index (χ1v) is 6.99. The van der Waals surface area contributed by atoms with Gasteiger partial charge in [0.25, 0.3) is 5.91 Å². The molecule has 4 heteroatoms. The number of methoxy groups -OCH3 is 1. The average molecular weight is 275 g/mol. The summed E-state index contributed by atoms with van der Waals surface area (Å²) >= 11 is 0. The molecule has 20 heavy (non-hydrogen) atoms. The molecule has 0 aliphatic heterocycles. The van der Waals surface area contributed by atoms with Gasteiger partial charge in [0.1, 0.15) is 0 Å². The quantitative estimate of drug-likeness (QED) is 0.775. The van der Waals surface area contributed by atoms with Crippen LogP contribution in [0.3, 0.4) is 0 Å². The summed E-state index contributed by atoms with van der Waals surface area (Å²) in [6.45, 7) is 4.15. The Bertz CT molecular complexity index is 508. The van der Waals surface area contributed by atoms with E-state index in [1.54, 1.807) is 6.92 Å². The lowest BCUT2D eigenvalue weighted by Crippen LogP contribution is -2.39.